The van der Waals surface area contributed by atoms with Crippen LogP contribution in [0.1, 0.15) is 6.92 Å². The molecule has 0 heterocycles. The first-order valence-electron chi connectivity index (χ1n) is 3.62. The molecule has 0 aliphatic rings. The number of rotatable bonds is 5. The first-order chi connectivity index (χ1) is 6.07. The second-order valence-corrected chi connectivity index (χ2v) is 2.27. The van der Waals surface area contributed by atoms with Crippen molar-refractivity contribution in [2.24, 2.45) is 0 Å². The summed E-state index contributed by atoms with van der Waals surface area (Å²) in [5.41, 5.74) is 0. The van der Waals surface area contributed by atoms with E-state index in [0.29, 0.717) is 0 Å². The molecule has 0 aromatic rings. The first-order valence-corrected chi connectivity index (χ1v) is 3.62. The molecule has 1 unspecified atom stereocenters. The molecule has 0 saturated carbocycles. The highest BCUT2D eigenvalue weighted by molar-refractivity contribution is 5.78. The number of amides is 1. The molecule has 0 aromatic carbocycles. The summed E-state index contributed by atoms with van der Waals surface area (Å²) in [4.78, 5) is 21.0. The summed E-state index contributed by atoms with van der Waals surface area (Å²) < 4.78 is 4.68. The van der Waals surface area contributed by atoms with Crippen molar-refractivity contribution in [2.45, 2.75) is 13.0 Å². The average molecular weight is 185 g/mol. The maximum Gasteiger partial charge on any atom is 0.332 e. The van der Waals surface area contributed by atoms with Gasteiger partial charge in [0.25, 0.3) is 0 Å². The van der Waals surface area contributed by atoms with E-state index in [1.54, 1.807) is 0 Å². The van der Waals surface area contributed by atoms with Gasteiger partial charge in [0.1, 0.15) is 6.61 Å². The number of carboxylic acid groups (broad SMARTS) is 1. The van der Waals surface area contributed by atoms with E-state index >= 15 is 0 Å². The van der Waals surface area contributed by atoms with Gasteiger partial charge in [0.05, 0.1) is 6.54 Å². The number of hydrogen-bond acceptors (Lipinski definition) is 3. The zero-order valence-electron chi connectivity index (χ0n) is 7.24. The van der Waals surface area contributed by atoms with E-state index in [1.165, 1.54) is 6.92 Å². The van der Waals surface area contributed by atoms with Crippen molar-refractivity contribution in [2.75, 3.05) is 13.2 Å². The third-order valence-corrected chi connectivity index (χ3v) is 1.20. The van der Waals surface area contributed by atoms with Crippen molar-refractivity contribution >= 4 is 11.9 Å². The number of hydrogen-bond donors (Lipinski definition) is 2. The Morgan fingerprint density at radius 2 is 2.31 bits per heavy atom. The van der Waals surface area contributed by atoms with Crippen LogP contribution in [0.25, 0.3) is 0 Å². The molecule has 0 rings (SSSR count). The van der Waals surface area contributed by atoms with Crippen LogP contribution in [-0.2, 0) is 14.3 Å². The molecule has 0 spiro atoms. The van der Waals surface area contributed by atoms with Gasteiger partial charge < -0.3 is 15.2 Å². The number of ether oxygens (including phenoxy) is 1. The van der Waals surface area contributed by atoms with Crippen LogP contribution in [0.2, 0.25) is 0 Å². The Kier molecular flexibility index (Phi) is 5.32. The van der Waals surface area contributed by atoms with Crippen LogP contribution in [0.15, 0.2) is 0 Å². The lowest BCUT2D eigenvalue weighted by Crippen LogP contribution is -2.31. The smallest absolute Gasteiger partial charge is 0.332 e. The maximum atomic E-state index is 10.8. The van der Waals surface area contributed by atoms with E-state index < -0.39 is 18.0 Å². The number of carboxylic acids is 1. The molecule has 13 heavy (non-hydrogen) atoms. The second kappa shape index (κ2) is 6.03. The molecular formula is C8H11NO4. The van der Waals surface area contributed by atoms with Gasteiger partial charge in [-0.3, -0.25) is 4.79 Å². The van der Waals surface area contributed by atoms with Gasteiger partial charge in [0.2, 0.25) is 5.91 Å². The number of aliphatic carboxylic acids is 1. The third-order valence-electron chi connectivity index (χ3n) is 1.20. The fourth-order valence-corrected chi connectivity index (χ4v) is 0.473. The molecule has 0 saturated heterocycles. The Balaban J connectivity index is 3.59. The van der Waals surface area contributed by atoms with Gasteiger partial charge in [-0.2, -0.15) is 0 Å². The van der Waals surface area contributed by atoms with E-state index in [4.69, 9.17) is 11.5 Å². The van der Waals surface area contributed by atoms with E-state index in [9.17, 15) is 9.59 Å². The van der Waals surface area contributed by atoms with Crippen LogP contribution in [-0.4, -0.2) is 36.2 Å². The van der Waals surface area contributed by atoms with E-state index in [-0.39, 0.29) is 13.2 Å². The standard InChI is InChI=1S/C8H11NO4/c1-3-4-9-7(10)5-13-6(2)8(11)12/h1,6H,4-5H2,2H3,(H,9,10)(H,11,12). The lowest BCUT2D eigenvalue weighted by molar-refractivity contribution is -0.150. The maximum absolute atomic E-state index is 10.8. The summed E-state index contributed by atoms with van der Waals surface area (Å²) in [5.74, 6) is 0.674. The molecule has 1 atom stereocenters. The van der Waals surface area contributed by atoms with Gasteiger partial charge in [0, 0.05) is 0 Å². The van der Waals surface area contributed by atoms with Gasteiger partial charge in [-0.05, 0) is 6.92 Å². The lowest BCUT2D eigenvalue weighted by atomic mass is 10.4. The number of terminal acetylenes is 1. The van der Waals surface area contributed by atoms with E-state index in [0.717, 1.165) is 0 Å². The summed E-state index contributed by atoms with van der Waals surface area (Å²) >= 11 is 0. The van der Waals surface area contributed by atoms with Gasteiger partial charge in [-0.25, -0.2) is 4.79 Å². The quantitative estimate of drug-likeness (QED) is 0.551. The molecule has 5 heteroatoms. The summed E-state index contributed by atoms with van der Waals surface area (Å²) in [6.07, 6.45) is 3.89. The van der Waals surface area contributed by atoms with Crippen LogP contribution in [0, 0.1) is 12.3 Å². The molecule has 2 N–H and O–H groups in total. The SMILES string of the molecule is C#CCNC(=O)COC(C)C(=O)O. The van der Waals surface area contributed by atoms with Crippen LogP contribution in [0.3, 0.4) is 0 Å². The molecule has 0 aromatic heterocycles. The van der Waals surface area contributed by atoms with Crippen molar-refractivity contribution in [3.05, 3.63) is 0 Å². The van der Waals surface area contributed by atoms with Crippen molar-refractivity contribution < 1.29 is 19.4 Å². The van der Waals surface area contributed by atoms with Crippen LogP contribution in [0.5, 0.6) is 0 Å². The molecule has 72 valence electrons. The average Bonchev–Trinajstić information content (AvgIpc) is 2.10. The minimum Gasteiger partial charge on any atom is -0.479 e. The Hall–Kier alpha value is -1.54. The number of carbonyl (C=O) groups is 2. The highest BCUT2D eigenvalue weighted by atomic mass is 16.5. The molecule has 5 nitrogen and oxygen atoms in total. The minimum atomic E-state index is -1.11. The van der Waals surface area contributed by atoms with Crippen molar-refractivity contribution in [3.63, 3.8) is 0 Å². The molecule has 0 aliphatic heterocycles. The Labute approximate surface area is 76.1 Å². The second-order valence-electron chi connectivity index (χ2n) is 2.27. The van der Waals surface area contributed by atoms with Crippen molar-refractivity contribution in [3.8, 4) is 12.3 Å². The Morgan fingerprint density at radius 1 is 1.69 bits per heavy atom. The monoisotopic (exact) mass is 185 g/mol. The largest absolute Gasteiger partial charge is 0.479 e. The van der Waals surface area contributed by atoms with Crippen molar-refractivity contribution in [1.29, 1.82) is 0 Å². The molecular weight excluding hydrogens is 174 g/mol. The molecule has 0 fully saturated rings. The van der Waals surface area contributed by atoms with Gasteiger partial charge in [0.15, 0.2) is 6.10 Å². The predicted molar refractivity (Wildman–Crippen MR) is 44.9 cm³/mol. The third kappa shape index (κ3) is 5.70. The van der Waals surface area contributed by atoms with E-state index in [2.05, 4.69) is 16.0 Å². The van der Waals surface area contributed by atoms with Gasteiger partial charge in [-0.1, -0.05) is 5.92 Å². The zero-order valence-corrected chi connectivity index (χ0v) is 7.24. The fraction of sp³-hybridized carbons (Fsp3) is 0.500. The van der Waals surface area contributed by atoms with Gasteiger partial charge in [-0.15, -0.1) is 6.42 Å². The topological polar surface area (TPSA) is 75.6 Å². The Bertz CT molecular complexity index is 231. The highest BCUT2D eigenvalue weighted by Crippen LogP contribution is 1.89. The highest BCUT2D eigenvalue weighted by Gasteiger charge is 2.12. The predicted octanol–water partition coefficient (Wildman–Crippen LogP) is -0.774. The summed E-state index contributed by atoms with van der Waals surface area (Å²) in [6, 6.07) is 0. The fourth-order valence-electron chi connectivity index (χ4n) is 0.473. The molecule has 0 aliphatic carbocycles. The summed E-state index contributed by atoms with van der Waals surface area (Å²) in [6.45, 7) is 1.16. The van der Waals surface area contributed by atoms with E-state index in [1.807, 2.05) is 0 Å². The van der Waals surface area contributed by atoms with Crippen LogP contribution < -0.4 is 5.32 Å². The van der Waals surface area contributed by atoms with Gasteiger partial charge >= 0.3 is 5.97 Å². The summed E-state index contributed by atoms with van der Waals surface area (Å²) in [7, 11) is 0. The molecule has 1 amide bonds. The normalized spacial score (nSPS) is 11.4. The molecule has 0 radical (unpaired) electrons. The first kappa shape index (κ1) is 11.5. The van der Waals surface area contributed by atoms with Crippen LogP contribution >= 0.6 is 0 Å². The lowest BCUT2D eigenvalue weighted by Gasteiger charge is -2.07. The number of carbonyl (C=O) groups excluding carboxylic acids is 1. The minimum absolute atomic E-state index is 0.115. The summed E-state index contributed by atoms with van der Waals surface area (Å²) in [5, 5.41) is 10.7. The van der Waals surface area contributed by atoms with Crippen molar-refractivity contribution in [1.82, 2.24) is 5.32 Å². The Morgan fingerprint density at radius 3 is 2.77 bits per heavy atom. The number of nitrogens with one attached hydrogen (secondary N) is 1. The van der Waals surface area contributed by atoms with Crippen LogP contribution in [0.4, 0.5) is 0 Å². The molecule has 0 bridgehead atoms. The zero-order chi connectivity index (χ0) is 10.3.